The Kier molecular flexibility index (Phi) is 4.30. The molecule has 0 saturated carbocycles. The van der Waals surface area contributed by atoms with E-state index in [1.807, 2.05) is 31.2 Å². The molecule has 3 aromatic rings. The van der Waals surface area contributed by atoms with Crippen molar-refractivity contribution in [2.45, 2.75) is 20.1 Å². The lowest BCUT2D eigenvalue weighted by Crippen LogP contribution is -2.21. The number of carbonyl (C=O) groups excluding carboxylic acids is 1. The number of carbonyl (C=O) groups is 1. The Labute approximate surface area is 159 Å². The SMILES string of the molecule is Cc1ccc(N2C(=O)Cn3c(COc4ccc(Cl)cc4Cl)nnc32)cc1. The molecular formula is C18H14Cl2N4O2. The molecule has 0 N–H and O–H groups in total. The first-order valence-electron chi connectivity index (χ1n) is 7.92. The summed E-state index contributed by atoms with van der Waals surface area (Å²) in [4.78, 5) is 14.0. The number of anilines is 2. The highest BCUT2D eigenvalue weighted by Gasteiger charge is 2.33. The number of fused-ring (bicyclic) bond motifs is 1. The topological polar surface area (TPSA) is 60.2 Å². The summed E-state index contributed by atoms with van der Waals surface area (Å²) in [6.07, 6.45) is 0. The zero-order valence-electron chi connectivity index (χ0n) is 13.8. The molecule has 1 aliphatic heterocycles. The number of nitrogens with zero attached hydrogens (tertiary/aromatic N) is 4. The predicted octanol–water partition coefficient (Wildman–Crippen LogP) is 4.15. The monoisotopic (exact) mass is 388 g/mol. The lowest BCUT2D eigenvalue weighted by molar-refractivity contribution is -0.117. The van der Waals surface area contributed by atoms with Crippen LogP contribution in [0.2, 0.25) is 10.0 Å². The molecule has 0 fully saturated rings. The Bertz CT molecular complexity index is 985. The van der Waals surface area contributed by atoms with Crippen LogP contribution in [0.1, 0.15) is 11.4 Å². The van der Waals surface area contributed by atoms with Crippen LogP contribution < -0.4 is 9.64 Å². The van der Waals surface area contributed by atoms with Gasteiger partial charge in [-0.15, -0.1) is 10.2 Å². The summed E-state index contributed by atoms with van der Waals surface area (Å²) >= 11 is 12.0. The molecule has 0 aliphatic carbocycles. The molecule has 0 spiro atoms. The smallest absolute Gasteiger partial charge is 0.254 e. The number of benzene rings is 2. The van der Waals surface area contributed by atoms with Crippen molar-refractivity contribution in [1.29, 1.82) is 0 Å². The van der Waals surface area contributed by atoms with Crippen molar-refractivity contribution in [1.82, 2.24) is 14.8 Å². The molecule has 2 heterocycles. The average molecular weight is 389 g/mol. The Morgan fingerprint density at radius 1 is 1.12 bits per heavy atom. The molecule has 0 radical (unpaired) electrons. The second kappa shape index (κ2) is 6.63. The molecule has 0 unspecified atom stereocenters. The maximum absolute atomic E-state index is 12.5. The minimum absolute atomic E-state index is 0.0653. The van der Waals surface area contributed by atoms with E-state index in [2.05, 4.69) is 10.2 Å². The molecule has 4 rings (SSSR count). The molecule has 1 amide bonds. The number of halogens is 2. The van der Waals surface area contributed by atoms with Crippen LogP contribution in [-0.2, 0) is 17.9 Å². The number of hydrogen-bond donors (Lipinski definition) is 0. The number of ether oxygens (including phenoxy) is 1. The summed E-state index contributed by atoms with van der Waals surface area (Å²) in [6, 6.07) is 12.7. The van der Waals surface area contributed by atoms with Crippen LogP contribution in [0.25, 0.3) is 0 Å². The highest BCUT2D eigenvalue weighted by molar-refractivity contribution is 6.35. The van der Waals surface area contributed by atoms with Crippen molar-refractivity contribution < 1.29 is 9.53 Å². The maximum Gasteiger partial charge on any atom is 0.254 e. The van der Waals surface area contributed by atoms with Gasteiger partial charge in [-0.3, -0.25) is 9.36 Å². The van der Waals surface area contributed by atoms with E-state index in [0.29, 0.717) is 27.6 Å². The fraction of sp³-hybridized carbons (Fsp3) is 0.167. The summed E-state index contributed by atoms with van der Waals surface area (Å²) in [5.74, 6) is 1.46. The van der Waals surface area contributed by atoms with Crippen molar-refractivity contribution in [3.63, 3.8) is 0 Å². The first-order valence-corrected chi connectivity index (χ1v) is 8.68. The molecule has 132 valence electrons. The van der Waals surface area contributed by atoms with Gasteiger partial charge in [0.25, 0.3) is 5.91 Å². The molecule has 1 aromatic heterocycles. The number of rotatable bonds is 4. The van der Waals surface area contributed by atoms with Crippen LogP contribution in [0.4, 0.5) is 11.6 Å². The number of aromatic nitrogens is 3. The van der Waals surface area contributed by atoms with Crippen LogP contribution >= 0.6 is 23.2 Å². The second-order valence-corrected chi connectivity index (χ2v) is 6.77. The number of amides is 1. The number of hydrogen-bond acceptors (Lipinski definition) is 4. The molecule has 6 nitrogen and oxygen atoms in total. The van der Waals surface area contributed by atoms with Crippen LogP contribution in [0, 0.1) is 6.92 Å². The van der Waals surface area contributed by atoms with Crippen molar-refractivity contribution in [3.05, 3.63) is 63.9 Å². The first-order chi connectivity index (χ1) is 12.5. The highest BCUT2D eigenvalue weighted by atomic mass is 35.5. The molecule has 1 aliphatic rings. The molecule has 8 heteroatoms. The lowest BCUT2D eigenvalue weighted by atomic mass is 10.2. The van der Waals surface area contributed by atoms with Gasteiger partial charge in [-0.05, 0) is 37.3 Å². The van der Waals surface area contributed by atoms with Crippen LogP contribution in [0.15, 0.2) is 42.5 Å². The van der Waals surface area contributed by atoms with Crippen molar-refractivity contribution in [3.8, 4) is 5.75 Å². The van der Waals surface area contributed by atoms with E-state index >= 15 is 0 Å². The molecule has 2 aromatic carbocycles. The van der Waals surface area contributed by atoms with Gasteiger partial charge < -0.3 is 4.74 Å². The van der Waals surface area contributed by atoms with Gasteiger partial charge in [0, 0.05) is 5.02 Å². The zero-order valence-corrected chi connectivity index (χ0v) is 15.3. The average Bonchev–Trinajstić information content (AvgIpc) is 3.13. The summed E-state index contributed by atoms with van der Waals surface area (Å²) < 4.78 is 7.45. The fourth-order valence-corrected chi connectivity index (χ4v) is 3.23. The van der Waals surface area contributed by atoms with Crippen molar-refractivity contribution in [2.24, 2.45) is 0 Å². The Hall–Kier alpha value is -2.57. The Morgan fingerprint density at radius 2 is 1.88 bits per heavy atom. The third-order valence-corrected chi connectivity index (χ3v) is 4.62. The normalized spacial score (nSPS) is 13.2. The fourth-order valence-electron chi connectivity index (χ4n) is 2.77. The van der Waals surface area contributed by atoms with Crippen molar-refractivity contribution in [2.75, 3.05) is 4.90 Å². The Morgan fingerprint density at radius 3 is 2.62 bits per heavy atom. The minimum Gasteiger partial charge on any atom is -0.484 e. The Balaban J connectivity index is 1.57. The van der Waals surface area contributed by atoms with E-state index < -0.39 is 0 Å². The largest absolute Gasteiger partial charge is 0.484 e. The minimum atomic E-state index is -0.0653. The standard InChI is InChI=1S/C18H14Cl2N4O2/c1-11-2-5-13(6-3-11)24-17(25)9-23-16(21-22-18(23)24)10-26-15-7-4-12(19)8-14(15)20/h2-8H,9-10H2,1H3. The van der Waals surface area contributed by atoms with E-state index in [9.17, 15) is 4.79 Å². The van der Waals surface area contributed by atoms with Gasteiger partial charge in [0.05, 0.1) is 10.7 Å². The third-order valence-electron chi connectivity index (χ3n) is 4.09. The first kappa shape index (κ1) is 16.9. The van der Waals surface area contributed by atoms with Gasteiger partial charge in [0.15, 0.2) is 5.82 Å². The number of aryl methyl sites for hydroxylation is 1. The van der Waals surface area contributed by atoms with Crippen LogP contribution in [-0.4, -0.2) is 20.7 Å². The molecule has 26 heavy (non-hydrogen) atoms. The summed E-state index contributed by atoms with van der Waals surface area (Å²) in [7, 11) is 0. The second-order valence-electron chi connectivity index (χ2n) is 5.93. The lowest BCUT2D eigenvalue weighted by Gasteiger charge is -2.13. The van der Waals surface area contributed by atoms with E-state index in [1.165, 1.54) is 0 Å². The van der Waals surface area contributed by atoms with E-state index in [4.69, 9.17) is 27.9 Å². The van der Waals surface area contributed by atoms with Gasteiger partial charge in [-0.2, -0.15) is 0 Å². The van der Waals surface area contributed by atoms with Gasteiger partial charge in [-0.1, -0.05) is 40.9 Å². The molecule has 0 atom stereocenters. The van der Waals surface area contributed by atoms with Gasteiger partial charge in [0.2, 0.25) is 5.95 Å². The molecule has 0 saturated heterocycles. The summed E-state index contributed by atoms with van der Waals surface area (Å²) in [5.41, 5.74) is 1.88. The highest BCUT2D eigenvalue weighted by Crippen LogP contribution is 2.31. The van der Waals surface area contributed by atoms with E-state index in [-0.39, 0.29) is 19.1 Å². The van der Waals surface area contributed by atoms with Crippen LogP contribution in [0.3, 0.4) is 0 Å². The summed E-state index contributed by atoms with van der Waals surface area (Å²) in [6.45, 7) is 2.31. The summed E-state index contributed by atoms with van der Waals surface area (Å²) in [5, 5.41) is 9.26. The van der Waals surface area contributed by atoms with E-state index in [1.54, 1.807) is 27.7 Å². The predicted molar refractivity (Wildman–Crippen MR) is 99.1 cm³/mol. The zero-order chi connectivity index (χ0) is 18.3. The van der Waals surface area contributed by atoms with Crippen molar-refractivity contribution >= 4 is 40.7 Å². The van der Waals surface area contributed by atoms with Gasteiger partial charge in [0.1, 0.15) is 18.9 Å². The molecule has 0 bridgehead atoms. The van der Waals surface area contributed by atoms with E-state index in [0.717, 1.165) is 11.3 Å². The van der Waals surface area contributed by atoms with Gasteiger partial charge >= 0.3 is 0 Å². The van der Waals surface area contributed by atoms with Crippen LogP contribution in [0.5, 0.6) is 5.75 Å². The van der Waals surface area contributed by atoms with Gasteiger partial charge in [-0.25, -0.2) is 4.90 Å². The third kappa shape index (κ3) is 3.02. The quantitative estimate of drug-likeness (QED) is 0.673. The maximum atomic E-state index is 12.5. The molecular weight excluding hydrogens is 375 g/mol.